The minimum Gasteiger partial charge on any atom is -0.391 e. The van der Waals surface area contributed by atoms with Crippen LogP contribution < -0.4 is 0 Å². The molecular weight excluding hydrogens is 226 g/mol. The second-order valence-electron chi connectivity index (χ2n) is 6.04. The predicted molar refractivity (Wildman–Crippen MR) is 71.5 cm³/mol. The van der Waals surface area contributed by atoms with Crippen LogP contribution >= 0.6 is 0 Å². The first-order valence-corrected chi connectivity index (χ1v) is 6.45. The van der Waals surface area contributed by atoms with Crippen molar-refractivity contribution in [2.75, 3.05) is 13.1 Å². The Morgan fingerprint density at radius 3 is 2.67 bits per heavy atom. The van der Waals surface area contributed by atoms with Crippen LogP contribution in [0.4, 0.5) is 0 Å². The molecule has 1 aliphatic heterocycles. The zero-order chi connectivity index (χ0) is 13.3. The van der Waals surface area contributed by atoms with Crippen LogP contribution in [0.1, 0.15) is 36.7 Å². The number of aliphatic hydroxyl groups excluding tert-OH is 1. The van der Waals surface area contributed by atoms with Gasteiger partial charge < -0.3 is 10.0 Å². The summed E-state index contributed by atoms with van der Waals surface area (Å²) in [6.45, 7) is 7.07. The number of carbonyl (C=O) groups is 1. The highest BCUT2D eigenvalue weighted by molar-refractivity contribution is 5.96. The van der Waals surface area contributed by atoms with Gasteiger partial charge in [0.05, 0.1) is 6.10 Å². The van der Waals surface area contributed by atoms with E-state index in [1.807, 2.05) is 45.0 Å². The van der Waals surface area contributed by atoms with E-state index in [-0.39, 0.29) is 11.3 Å². The number of aliphatic hydroxyl groups is 1. The summed E-state index contributed by atoms with van der Waals surface area (Å²) in [6, 6.07) is 7.73. The lowest BCUT2D eigenvalue weighted by molar-refractivity contribution is 0.0243. The Morgan fingerprint density at radius 2 is 2.00 bits per heavy atom. The second-order valence-corrected chi connectivity index (χ2v) is 6.04. The zero-order valence-electron chi connectivity index (χ0n) is 11.3. The van der Waals surface area contributed by atoms with Gasteiger partial charge in [0.1, 0.15) is 0 Å². The van der Waals surface area contributed by atoms with E-state index in [1.54, 1.807) is 4.90 Å². The highest BCUT2D eigenvalue weighted by Gasteiger charge is 2.29. The summed E-state index contributed by atoms with van der Waals surface area (Å²) in [4.78, 5) is 14.1. The van der Waals surface area contributed by atoms with Crippen molar-refractivity contribution in [3.8, 4) is 0 Å². The molecule has 18 heavy (non-hydrogen) atoms. The Balaban J connectivity index is 2.13. The van der Waals surface area contributed by atoms with Crippen LogP contribution in [0.3, 0.4) is 0 Å². The molecule has 2 rings (SSSR count). The number of hydrogen-bond donors (Lipinski definition) is 1. The van der Waals surface area contributed by atoms with E-state index in [0.29, 0.717) is 13.1 Å². The molecule has 0 aliphatic carbocycles. The van der Waals surface area contributed by atoms with Crippen molar-refractivity contribution in [3.63, 3.8) is 0 Å². The number of amides is 1. The fourth-order valence-electron chi connectivity index (χ4n) is 2.13. The molecule has 1 N–H and O–H groups in total. The molecule has 0 bridgehead atoms. The highest BCUT2D eigenvalue weighted by Crippen LogP contribution is 2.23. The third-order valence-electron chi connectivity index (χ3n) is 3.58. The first-order valence-electron chi connectivity index (χ1n) is 6.45. The number of hydrogen-bond acceptors (Lipinski definition) is 2. The van der Waals surface area contributed by atoms with Crippen LogP contribution in [0.5, 0.6) is 0 Å². The predicted octanol–water partition coefficient (Wildman–Crippen LogP) is 2.09. The van der Waals surface area contributed by atoms with Gasteiger partial charge in [-0.3, -0.25) is 4.79 Å². The maximum absolute atomic E-state index is 12.3. The average molecular weight is 247 g/mol. The molecule has 3 heteroatoms. The van der Waals surface area contributed by atoms with E-state index in [4.69, 9.17) is 0 Å². The summed E-state index contributed by atoms with van der Waals surface area (Å²) in [5.74, 6) is 0.0418. The fraction of sp³-hybridized carbons (Fsp3) is 0.533. The third kappa shape index (κ3) is 2.56. The fourth-order valence-corrected chi connectivity index (χ4v) is 2.13. The van der Waals surface area contributed by atoms with Gasteiger partial charge in [0.25, 0.3) is 5.91 Å². The molecule has 0 saturated heterocycles. The topological polar surface area (TPSA) is 40.5 Å². The molecular formula is C15H21NO2. The van der Waals surface area contributed by atoms with Crippen molar-refractivity contribution in [1.29, 1.82) is 0 Å². The van der Waals surface area contributed by atoms with E-state index < -0.39 is 6.10 Å². The van der Waals surface area contributed by atoms with E-state index in [2.05, 4.69) is 0 Å². The summed E-state index contributed by atoms with van der Waals surface area (Å²) >= 11 is 0. The van der Waals surface area contributed by atoms with Crippen molar-refractivity contribution in [1.82, 2.24) is 4.90 Å². The summed E-state index contributed by atoms with van der Waals surface area (Å²) < 4.78 is 0. The third-order valence-corrected chi connectivity index (χ3v) is 3.58. The second kappa shape index (κ2) is 4.73. The molecule has 0 spiro atoms. The van der Waals surface area contributed by atoms with Crippen molar-refractivity contribution in [2.24, 2.45) is 5.41 Å². The van der Waals surface area contributed by atoms with E-state index in [9.17, 15) is 9.90 Å². The molecule has 1 aliphatic rings. The van der Waals surface area contributed by atoms with Crippen molar-refractivity contribution < 1.29 is 9.90 Å². The number of carbonyl (C=O) groups excluding carboxylic acids is 1. The van der Waals surface area contributed by atoms with Crippen LogP contribution in [-0.4, -0.2) is 35.1 Å². The van der Waals surface area contributed by atoms with Gasteiger partial charge in [-0.15, -0.1) is 0 Å². The standard InChI is InChI=1S/C15H21NO2/c1-15(2,3)13(17)10-16-9-8-11-6-4-5-7-12(11)14(16)18/h4-7,13,17H,8-10H2,1-3H3. The Labute approximate surface area is 108 Å². The molecule has 3 nitrogen and oxygen atoms in total. The zero-order valence-corrected chi connectivity index (χ0v) is 11.3. The Morgan fingerprint density at radius 1 is 1.33 bits per heavy atom. The molecule has 1 amide bonds. The summed E-state index contributed by atoms with van der Waals surface area (Å²) in [6.07, 6.45) is 0.380. The Hall–Kier alpha value is -1.35. The van der Waals surface area contributed by atoms with Gasteiger partial charge in [-0.25, -0.2) is 0 Å². The van der Waals surface area contributed by atoms with Crippen LogP contribution in [0.15, 0.2) is 24.3 Å². The molecule has 1 aromatic carbocycles. The lowest BCUT2D eigenvalue weighted by Gasteiger charge is -2.34. The minimum absolute atomic E-state index is 0.0418. The van der Waals surface area contributed by atoms with E-state index in [1.165, 1.54) is 0 Å². The van der Waals surface area contributed by atoms with Crippen molar-refractivity contribution in [2.45, 2.75) is 33.3 Å². The molecule has 98 valence electrons. The first kappa shape index (κ1) is 13.1. The molecule has 0 aromatic heterocycles. The van der Waals surface area contributed by atoms with Gasteiger partial charge in [-0.05, 0) is 23.5 Å². The van der Waals surface area contributed by atoms with Crippen LogP contribution in [0.25, 0.3) is 0 Å². The van der Waals surface area contributed by atoms with Crippen LogP contribution in [0, 0.1) is 5.41 Å². The lowest BCUT2D eigenvalue weighted by atomic mass is 9.88. The van der Waals surface area contributed by atoms with Crippen molar-refractivity contribution >= 4 is 5.91 Å². The maximum Gasteiger partial charge on any atom is 0.254 e. The number of fused-ring (bicyclic) bond motifs is 1. The number of β-amino-alcohol motifs (C(OH)–C–C–N with tert-alkyl or cyclic N) is 1. The van der Waals surface area contributed by atoms with E-state index in [0.717, 1.165) is 17.5 Å². The normalized spacial score (nSPS) is 17.6. The van der Waals surface area contributed by atoms with Gasteiger partial charge in [-0.1, -0.05) is 39.0 Å². The highest BCUT2D eigenvalue weighted by atomic mass is 16.3. The molecule has 1 unspecified atom stereocenters. The minimum atomic E-state index is -0.494. The van der Waals surface area contributed by atoms with Gasteiger partial charge >= 0.3 is 0 Å². The summed E-state index contributed by atoms with van der Waals surface area (Å²) in [5.41, 5.74) is 1.70. The van der Waals surface area contributed by atoms with Crippen LogP contribution in [-0.2, 0) is 6.42 Å². The van der Waals surface area contributed by atoms with Crippen molar-refractivity contribution in [3.05, 3.63) is 35.4 Å². The first-order chi connectivity index (χ1) is 8.39. The smallest absolute Gasteiger partial charge is 0.254 e. The summed E-state index contributed by atoms with van der Waals surface area (Å²) in [5, 5.41) is 10.1. The quantitative estimate of drug-likeness (QED) is 0.869. The Bertz CT molecular complexity index is 448. The lowest BCUT2D eigenvalue weighted by Crippen LogP contribution is -2.45. The van der Waals surface area contributed by atoms with Gasteiger partial charge in [0, 0.05) is 18.7 Å². The average Bonchev–Trinajstić information content (AvgIpc) is 2.32. The van der Waals surface area contributed by atoms with E-state index >= 15 is 0 Å². The largest absolute Gasteiger partial charge is 0.391 e. The van der Waals surface area contributed by atoms with Gasteiger partial charge in [-0.2, -0.15) is 0 Å². The van der Waals surface area contributed by atoms with Gasteiger partial charge in [0.15, 0.2) is 0 Å². The Kier molecular flexibility index (Phi) is 3.44. The number of benzene rings is 1. The molecule has 0 fully saturated rings. The monoisotopic (exact) mass is 247 g/mol. The SMILES string of the molecule is CC(C)(C)C(O)CN1CCc2ccccc2C1=O. The van der Waals surface area contributed by atoms with Crippen LogP contribution in [0.2, 0.25) is 0 Å². The number of nitrogens with zero attached hydrogens (tertiary/aromatic N) is 1. The molecule has 0 radical (unpaired) electrons. The number of rotatable bonds is 2. The molecule has 1 aromatic rings. The molecule has 1 heterocycles. The summed E-state index contributed by atoms with van der Waals surface area (Å²) in [7, 11) is 0. The maximum atomic E-state index is 12.3. The molecule has 0 saturated carbocycles. The molecule has 1 atom stereocenters. The van der Waals surface area contributed by atoms with Gasteiger partial charge in [0.2, 0.25) is 0 Å².